The van der Waals surface area contributed by atoms with E-state index >= 15 is 0 Å². The molecule has 37 heavy (non-hydrogen) atoms. The lowest BCUT2D eigenvalue weighted by molar-refractivity contribution is -0.126. The minimum Gasteiger partial charge on any atom is -0.471 e. The Morgan fingerprint density at radius 1 is 1.30 bits per heavy atom. The van der Waals surface area contributed by atoms with E-state index in [1.165, 1.54) is 18.4 Å². The van der Waals surface area contributed by atoms with Crippen molar-refractivity contribution in [2.45, 2.75) is 51.7 Å². The molecular weight excluding hydrogens is 474 g/mol. The molecule has 1 fully saturated rings. The van der Waals surface area contributed by atoms with Gasteiger partial charge in [-0.15, -0.1) is 0 Å². The second-order valence-corrected chi connectivity index (χ2v) is 9.14. The van der Waals surface area contributed by atoms with Crippen LogP contribution in [0, 0.1) is 0 Å². The number of anilines is 1. The number of rotatable bonds is 10. The van der Waals surface area contributed by atoms with Crippen molar-refractivity contribution in [1.29, 1.82) is 0 Å². The van der Waals surface area contributed by atoms with Gasteiger partial charge >= 0.3 is 0 Å². The standard InChI is InChI=1S/C25H33N5O3.C2H4O2/c1-4-5-6-12-29(17-31)13-11-23-27-25-20-8-7-18(2)28(3)21(20)9-10-22(25)30(23)14-24(32)26-19-15-33-16-19;1-4-2-3/h4-6,9-10,12,17-19H,7-8,11,13-16H2,1-3H3,(H,26,32);2H,1H3/b5-4-,12-6-;. The van der Waals surface area contributed by atoms with E-state index in [0.717, 1.165) is 36.1 Å². The number of hydrogen-bond acceptors (Lipinski definition) is 7. The number of imidazole rings is 1. The fraction of sp³-hybridized carbons (Fsp3) is 0.481. The van der Waals surface area contributed by atoms with Crippen molar-refractivity contribution in [3.05, 3.63) is 47.9 Å². The van der Waals surface area contributed by atoms with Crippen LogP contribution in [-0.4, -0.2) is 79.2 Å². The number of aromatic nitrogens is 2. The van der Waals surface area contributed by atoms with E-state index in [9.17, 15) is 9.59 Å². The van der Waals surface area contributed by atoms with Gasteiger partial charge in [-0.1, -0.05) is 12.2 Å². The van der Waals surface area contributed by atoms with Gasteiger partial charge in [-0.2, -0.15) is 0 Å². The van der Waals surface area contributed by atoms with Crippen LogP contribution < -0.4 is 10.2 Å². The predicted octanol–water partition coefficient (Wildman–Crippen LogP) is 2.20. The fourth-order valence-corrected chi connectivity index (χ4v) is 4.41. The topological polar surface area (TPSA) is 106 Å². The molecule has 2 aromatic rings. The number of ether oxygens (including phenoxy) is 2. The summed E-state index contributed by atoms with van der Waals surface area (Å²) in [4.78, 5) is 42.1. The van der Waals surface area contributed by atoms with E-state index in [-0.39, 0.29) is 18.5 Å². The summed E-state index contributed by atoms with van der Waals surface area (Å²) in [6.07, 6.45) is 10.8. The van der Waals surface area contributed by atoms with Crippen LogP contribution in [0.2, 0.25) is 0 Å². The molecule has 200 valence electrons. The maximum atomic E-state index is 12.8. The van der Waals surface area contributed by atoms with E-state index in [0.29, 0.717) is 38.7 Å². The van der Waals surface area contributed by atoms with Crippen LogP contribution in [-0.2, 0) is 43.2 Å². The first-order valence-electron chi connectivity index (χ1n) is 12.5. The predicted molar refractivity (Wildman–Crippen MR) is 142 cm³/mol. The summed E-state index contributed by atoms with van der Waals surface area (Å²) < 4.78 is 11.0. The van der Waals surface area contributed by atoms with E-state index in [2.05, 4.69) is 41.1 Å². The van der Waals surface area contributed by atoms with Gasteiger partial charge in [-0.25, -0.2) is 4.98 Å². The molecule has 0 saturated carbocycles. The van der Waals surface area contributed by atoms with Crippen molar-refractivity contribution in [2.75, 3.05) is 38.8 Å². The summed E-state index contributed by atoms with van der Waals surface area (Å²) in [5.74, 6) is 0.763. The molecule has 10 heteroatoms. The molecule has 1 aromatic carbocycles. The van der Waals surface area contributed by atoms with E-state index in [1.54, 1.807) is 11.1 Å². The largest absolute Gasteiger partial charge is 0.471 e. The van der Waals surface area contributed by atoms with E-state index < -0.39 is 0 Å². The van der Waals surface area contributed by atoms with Crippen molar-refractivity contribution in [3.8, 4) is 0 Å². The van der Waals surface area contributed by atoms with Crippen LogP contribution in [0.15, 0.2) is 36.6 Å². The maximum absolute atomic E-state index is 12.8. The fourth-order valence-electron chi connectivity index (χ4n) is 4.41. The number of carbonyl (C=O) groups is 3. The van der Waals surface area contributed by atoms with Gasteiger partial charge in [0.2, 0.25) is 12.3 Å². The summed E-state index contributed by atoms with van der Waals surface area (Å²) >= 11 is 0. The molecule has 2 amide bonds. The molecule has 1 N–H and O–H groups in total. The molecule has 2 aliphatic heterocycles. The lowest BCUT2D eigenvalue weighted by atomic mass is 9.96. The number of allylic oxidation sites excluding steroid dienone is 3. The van der Waals surface area contributed by atoms with E-state index in [4.69, 9.17) is 14.5 Å². The maximum Gasteiger partial charge on any atom is 0.292 e. The molecule has 1 unspecified atom stereocenters. The Labute approximate surface area is 217 Å². The lowest BCUT2D eigenvalue weighted by Crippen LogP contribution is -2.49. The van der Waals surface area contributed by atoms with Crippen LogP contribution in [0.25, 0.3) is 11.0 Å². The summed E-state index contributed by atoms with van der Waals surface area (Å²) in [6, 6.07) is 4.78. The van der Waals surface area contributed by atoms with Crippen molar-refractivity contribution < 1.29 is 23.9 Å². The molecule has 1 atom stereocenters. The van der Waals surface area contributed by atoms with Gasteiger partial charge in [0.1, 0.15) is 12.4 Å². The highest BCUT2D eigenvalue weighted by atomic mass is 16.5. The van der Waals surface area contributed by atoms with Crippen LogP contribution >= 0.6 is 0 Å². The Bertz CT molecular complexity index is 1140. The minimum atomic E-state index is -0.0486. The SMILES string of the molecule is C/C=C\C=C/N(C=O)CCc1nc2c3c(ccc2n1CC(=O)NC1COC1)N(C)C(C)CC3.COC=O. The average Bonchev–Trinajstić information content (AvgIpc) is 3.23. The second kappa shape index (κ2) is 13.6. The number of hydrogen-bond donors (Lipinski definition) is 1. The van der Waals surface area contributed by atoms with Crippen molar-refractivity contribution in [1.82, 2.24) is 19.8 Å². The molecule has 0 spiro atoms. The molecular formula is C27H37N5O5. The third-order valence-electron chi connectivity index (χ3n) is 6.64. The minimum absolute atomic E-state index is 0.0486. The first-order valence-corrected chi connectivity index (χ1v) is 12.5. The highest BCUT2D eigenvalue weighted by Gasteiger charge is 2.26. The summed E-state index contributed by atoms with van der Waals surface area (Å²) in [7, 11) is 3.44. The summed E-state index contributed by atoms with van der Waals surface area (Å²) in [5.41, 5.74) is 4.37. The number of methoxy groups -OCH3 is 1. The van der Waals surface area contributed by atoms with Crippen molar-refractivity contribution in [2.24, 2.45) is 0 Å². The third kappa shape index (κ3) is 6.97. The number of nitrogens with one attached hydrogen (secondary N) is 1. The molecule has 0 radical (unpaired) electrons. The quantitative estimate of drug-likeness (QED) is 0.385. The molecule has 3 heterocycles. The Morgan fingerprint density at radius 3 is 2.68 bits per heavy atom. The number of benzene rings is 1. The lowest BCUT2D eigenvalue weighted by Gasteiger charge is -2.33. The number of aryl methyl sites for hydroxylation is 1. The first kappa shape index (κ1) is 27.9. The number of nitrogens with zero attached hydrogens (tertiary/aromatic N) is 4. The van der Waals surface area contributed by atoms with Crippen molar-refractivity contribution in [3.63, 3.8) is 0 Å². The zero-order valence-electron chi connectivity index (χ0n) is 22.1. The van der Waals surface area contributed by atoms with Gasteiger partial charge in [0.15, 0.2) is 0 Å². The van der Waals surface area contributed by atoms with Crippen LogP contribution in [0.5, 0.6) is 0 Å². The monoisotopic (exact) mass is 511 g/mol. The smallest absolute Gasteiger partial charge is 0.292 e. The molecule has 10 nitrogen and oxygen atoms in total. The molecule has 0 bridgehead atoms. The normalized spacial score (nSPS) is 17.2. The average molecular weight is 512 g/mol. The van der Waals surface area contributed by atoms with Crippen LogP contribution in [0.4, 0.5) is 5.69 Å². The molecule has 4 rings (SSSR count). The van der Waals surface area contributed by atoms with Crippen molar-refractivity contribution >= 4 is 35.5 Å². The first-order chi connectivity index (χ1) is 17.9. The van der Waals surface area contributed by atoms with Gasteiger partial charge in [0.25, 0.3) is 6.47 Å². The number of amides is 2. The van der Waals surface area contributed by atoms with Crippen LogP contribution in [0.1, 0.15) is 31.7 Å². The molecule has 1 saturated heterocycles. The summed E-state index contributed by atoms with van der Waals surface area (Å²) in [6.45, 7) is 6.35. The Kier molecular flexibility index (Phi) is 10.3. The highest BCUT2D eigenvalue weighted by Crippen LogP contribution is 2.35. The number of fused-ring (bicyclic) bond motifs is 3. The number of carbonyl (C=O) groups excluding carboxylic acids is 3. The highest BCUT2D eigenvalue weighted by molar-refractivity contribution is 5.88. The molecule has 2 aliphatic rings. The van der Waals surface area contributed by atoms with Crippen LogP contribution in [0.3, 0.4) is 0 Å². The molecule has 0 aliphatic carbocycles. The van der Waals surface area contributed by atoms with Gasteiger partial charge in [-0.3, -0.25) is 14.4 Å². The Balaban J connectivity index is 0.000000886. The zero-order chi connectivity index (χ0) is 26.8. The third-order valence-corrected chi connectivity index (χ3v) is 6.64. The Hall–Kier alpha value is -3.66. The van der Waals surface area contributed by atoms with Gasteiger partial charge in [0, 0.05) is 43.5 Å². The Morgan fingerprint density at radius 2 is 2.05 bits per heavy atom. The second-order valence-electron chi connectivity index (χ2n) is 9.14. The van der Waals surface area contributed by atoms with Gasteiger partial charge in [0.05, 0.1) is 37.4 Å². The zero-order valence-corrected chi connectivity index (χ0v) is 22.1. The summed E-state index contributed by atoms with van der Waals surface area (Å²) in [5, 5.41) is 3.03. The van der Waals surface area contributed by atoms with Gasteiger partial charge < -0.3 is 29.2 Å². The van der Waals surface area contributed by atoms with Gasteiger partial charge in [-0.05, 0) is 44.9 Å². The molecule has 1 aromatic heterocycles. The van der Waals surface area contributed by atoms with E-state index in [1.807, 2.05) is 29.7 Å².